The molecule has 1 N–H and O–H groups in total. The molecule has 0 unspecified atom stereocenters. The van der Waals surface area contributed by atoms with Gasteiger partial charge in [0.25, 0.3) is 0 Å². The molecule has 5 nitrogen and oxygen atoms in total. The van der Waals surface area contributed by atoms with Crippen LogP contribution in [-0.4, -0.2) is 43.5 Å². The maximum Gasteiger partial charge on any atom is 0.309 e. The van der Waals surface area contributed by atoms with Crippen LogP contribution in [0.3, 0.4) is 0 Å². The Kier molecular flexibility index (Phi) is 7.46. The summed E-state index contributed by atoms with van der Waals surface area (Å²) in [6, 6.07) is 7.75. The van der Waals surface area contributed by atoms with Crippen LogP contribution in [0.4, 0.5) is 0 Å². The van der Waals surface area contributed by atoms with E-state index in [1.807, 2.05) is 43.0 Å². The minimum absolute atomic E-state index is 0.0183. The Hall–Kier alpha value is -1.88. The van der Waals surface area contributed by atoms with E-state index in [2.05, 4.69) is 5.32 Å². The summed E-state index contributed by atoms with van der Waals surface area (Å²) in [5, 5.41) is 2.80. The van der Waals surface area contributed by atoms with Gasteiger partial charge in [0.2, 0.25) is 5.91 Å². The fourth-order valence-electron chi connectivity index (χ4n) is 2.09. The molecular formula is C16H24N2O3. The standard InChI is InChI=1S/C16H24N2O3/c1-4-17-15(19)12-18(5-2)11-14-9-7-6-8-13(14)10-16(20)21-3/h6-9H,4-5,10-12H2,1-3H3,(H,17,19). The molecule has 0 aromatic heterocycles. The number of carbonyl (C=O) groups is 2. The Labute approximate surface area is 126 Å². The Morgan fingerprint density at radius 3 is 2.43 bits per heavy atom. The summed E-state index contributed by atoms with van der Waals surface area (Å²) in [4.78, 5) is 25.2. The molecule has 1 aromatic carbocycles. The number of amides is 1. The largest absolute Gasteiger partial charge is 0.469 e. The number of benzene rings is 1. The van der Waals surface area contributed by atoms with E-state index in [4.69, 9.17) is 4.74 Å². The fourth-order valence-corrected chi connectivity index (χ4v) is 2.09. The summed E-state index contributed by atoms with van der Waals surface area (Å²) < 4.78 is 4.72. The average Bonchev–Trinajstić information content (AvgIpc) is 2.48. The lowest BCUT2D eigenvalue weighted by molar-refractivity contribution is -0.139. The monoisotopic (exact) mass is 292 g/mol. The van der Waals surface area contributed by atoms with Gasteiger partial charge < -0.3 is 10.1 Å². The fraction of sp³-hybridized carbons (Fsp3) is 0.500. The normalized spacial score (nSPS) is 10.5. The Morgan fingerprint density at radius 1 is 1.19 bits per heavy atom. The Balaban J connectivity index is 2.75. The lowest BCUT2D eigenvalue weighted by Gasteiger charge is -2.21. The molecule has 0 fully saturated rings. The first kappa shape index (κ1) is 17.2. The van der Waals surface area contributed by atoms with E-state index >= 15 is 0 Å². The van der Waals surface area contributed by atoms with Gasteiger partial charge in [-0.3, -0.25) is 14.5 Å². The van der Waals surface area contributed by atoms with Crippen molar-refractivity contribution in [3.05, 3.63) is 35.4 Å². The van der Waals surface area contributed by atoms with Crippen molar-refractivity contribution in [2.45, 2.75) is 26.8 Å². The van der Waals surface area contributed by atoms with Gasteiger partial charge in [0.1, 0.15) is 0 Å². The van der Waals surface area contributed by atoms with Crippen LogP contribution in [0.1, 0.15) is 25.0 Å². The summed E-state index contributed by atoms with van der Waals surface area (Å²) in [6.45, 7) is 6.32. The maximum atomic E-state index is 11.7. The highest BCUT2D eigenvalue weighted by molar-refractivity contribution is 5.78. The number of nitrogens with one attached hydrogen (secondary N) is 1. The molecule has 0 aliphatic carbocycles. The van der Waals surface area contributed by atoms with Gasteiger partial charge in [0, 0.05) is 13.1 Å². The number of methoxy groups -OCH3 is 1. The van der Waals surface area contributed by atoms with E-state index in [0.29, 0.717) is 19.6 Å². The number of carbonyl (C=O) groups excluding carboxylic acids is 2. The summed E-state index contributed by atoms with van der Waals surface area (Å²) in [5.41, 5.74) is 1.99. The molecule has 0 bridgehead atoms. The highest BCUT2D eigenvalue weighted by atomic mass is 16.5. The second-order valence-corrected chi connectivity index (χ2v) is 4.78. The third-order valence-electron chi connectivity index (χ3n) is 3.26. The molecule has 5 heteroatoms. The average molecular weight is 292 g/mol. The number of hydrogen-bond acceptors (Lipinski definition) is 4. The van der Waals surface area contributed by atoms with Crippen LogP contribution >= 0.6 is 0 Å². The minimum Gasteiger partial charge on any atom is -0.469 e. The number of hydrogen-bond donors (Lipinski definition) is 1. The molecule has 0 saturated heterocycles. The highest BCUT2D eigenvalue weighted by Crippen LogP contribution is 2.13. The second-order valence-electron chi connectivity index (χ2n) is 4.78. The zero-order chi connectivity index (χ0) is 15.7. The van der Waals surface area contributed by atoms with Crippen LogP contribution in [0.2, 0.25) is 0 Å². The summed E-state index contributed by atoms with van der Waals surface area (Å²) in [6.07, 6.45) is 0.255. The topological polar surface area (TPSA) is 58.6 Å². The molecule has 1 rings (SSSR count). The van der Waals surface area contributed by atoms with Crippen LogP contribution in [0, 0.1) is 0 Å². The van der Waals surface area contributed by atoms with Crippen molar-refractivity contribution in [1.82, 2.24) is 10.2 Å². The molecule has 0 radical (unpaired) electrons. The molecule has 0 aliphatic rings. The molecule has 0 aliphatic heterocycles. The zero-order valence-electron chi connectivity index (χ0n) is 13.0. The van der Waals surface area contributed by atoms with Crippen molar-refractivity contribution < 1.29 is 14.3 Å². The second kappa shape index (κ2) is 9.13. The number of likely N-dealkylation sites (N-methyl/N-ethyl adjacent to an activating group) is 2. The van der Waals surface area contributed by atoms with Gasteiger partial charge in [0.15, 0.2) is 0 Å². The molecular weight excluding hydrogens is 268 g/mol. The summed E-state index contributed by atoms with van der Waals surface area (Å²) in [7, 11) is 1.39. The summed E-state index contributed by atoms with van der Waals surface area (Å²) in [5.74, 6) is -0.237. The quantitative estimate of drug-likeness (QED) is 0.735. The highest BCUT2D eigenvalue weighted by Gasteiger charge is 2.13. The predicted molar refractivity (Wildman–Crippen MR) is 81.8 cm³/mol. The van der Waals surface area contributed by atoms with Crippen molar-refractivity contribution in [1.29, 1.82) is 0 Å². The van der Waals surface area contributed by atoms with Gasteiger partial charge in [0.05, 0.1) is 20.1 Å². The van der Waals surface area contributed by atoms with E-state index in [1.165, 1.54) is 7.11 Å². The molecule has 21 heavy (non-hydrogen) atoms. The Morgan fingerprint density at radius 2 is 1.86 bits per heavy atom. The lowest BCUT2D eigenvalue weighted by Crippen LogP contribution is -2.36. The molecule has 1 amide bonds. The number of ether oxygens (including phenoxy) is 1. The number of esters is 1. The maximum absolute atomic E-state index is 11.7. The predicted octanol–water partition coefficient (Wildman–Crippen LogP) is 1.36. The first-order valence-corrected chi connectivity index (χ1v) is 7.23. The number of nitrogens with zero attached hydrogens (tertiary/aromatic N) is 1. The molecule has 0 saturated carbocycles. The van der Waals surface area contributed by atoms with Gasteiger partial charge >= 0.3 is 5.97 Å². The van der Waals surface area contributed by atoms with Crippen molar-refractivity contribution in [3.63, 3.8) is 0 Å². The first-order valence-electron chi connectivity index (χ1n) is 7.23. The smallest absolute Gasteiger partial charge is 0.309 e. The SMILES string of the molecule is CCNC(=O)CN(CC)Cc1ccccc1CC(=O)OC. The Bertz CT molecular complexity index is 474. The third-order valence-corrected chi connectivity index (χ3v) is 3.26. The lowest BCUT2D eigenvalue weighted by atomic mass is 10.0. The number of rotatable bonds is 8. The van der Waals surface area contributed by atoms with E-state index in [9.17, 15) is 9.59 Å². The van der Waals surface area contributed by atoms with E-state index in [1.54, 1.807) is 0 Å². The van der Waals surface area contributed by atoms with Crippen LogP contribution in [0.25, 0.3) is 0 Å². The van der Waals surface area contributed by atoms with Crippen LogP contribution in [-0.2, 0) is 27.3 Å². The molecule has 0 spiro atoms. The molecule has 1 aromatic rings. The summed E-state index contributed by atoms with van der Waals surface area (Å²) >= 11 is 0. The van der Waals surface area contributed by atoms with Gasteiger partial charge in [-0.15, -0.1) is 0 Å². The van der Waals surface area contributed by atoms with E-state index in [-0.39, 0.29) is 18.3 Å². The van der Waals surface area contributed by atoms with Gasteiger partial charge in [-0.25, -0.2) is 0 Å². The van der Waals surface area contributed by atoms with Crippen LogP contribution < -0.4 is 5.32 Å². The molecule has 116 valence electrons. The zero-order valence-corrected chi connectivity index (χ0v) is 13.0. The van der Waals surface area contributed by atoms with Crippen LogP contribution in [0.15, 0.2) is 24.3 Å². The van der Waals surface area contributed by atoms with E-state index in [0.717, 1.165) is 17.7 Å². The first-order chi connectivity index (χ1) is 10.1. The van der Waals surface area contributed by atoms with Crippen LogP contribution in [0.5, 0.6) is 0 Å². The molecule has 0 atom stereocenters. The third kappa shape index (κ3) is 5.95. The van der Waals surface area contributed by atoms with Crippen molar-refractivity contribution in [2.24, 2.45) is 0 Å². The van der Waals surface area contributed by atoms with E-state index < -0.39 is 0 Å². The molecule has 0 heterocycles. The van der Waals surface area contributed by atoms with Gasteiger partial charge in [-0.05, 0) is 24.6 Å². The van der Waals surface area contributed by atoms with Gasteiger partial charge in [-0.1, -0.05) is 31.2 Å². The minimum atomic E-state index is -0.255. The van der Waals surface area contributed by atoms with Crippen molar-refractivity contribution in [2.75, 3.05) is 26.7 Å². The van der Waals surface area contributed by atoms with Crippen molar-refractivity contribution in [3.8, 4) is 0 Å². The van der Waals surface area contributed by atoms with Crippen molar-refractivity contribution >= 4 is 11.9 Å². The van der Waals surface area contributed by atoms with Gasteiger partial charge in [-0.2, -0.15) is 0 Å².